The second-order valence-electron chi connectivity index (χ2n) is 7.60. The van der Waals surface area contributed by atoms with Gasteiger partial charge in [-0.05, 0) is 30.4 Å². The van der Waals surface area contributed by atoms with Gasteiger partial charge in [0, 0.05) is 17.7 Å². The number of benzene rings is 1. The normalized spacial score (nSPS) is 21.8. The number of Topliss-reactive ketones (excluding diaryl/α,β-unsaturated/α-hetero) is 1. The molecule has 1 aromatic carbocycles. The number of fused-ring (bicyclic) bond motifs is 1. The molecular weight excluding hydrogens is 316 g/mol. The summed E-state index contributed by atoms with van der Waals surface area (Å²) in [5, 5.41) is 3.50. The number of ether oxygens (including phenoxy) is 1. The molecule has 0 aromatic heterocycles. The van der Waals surface area contributed by atoms with Crippen LogP contribution in [-0.4, -0.2) is 31.4 Å². The number of nitrogens with one attached hydrogen (secondary N) is 1. The van der Waals surface area contributed by atoms with E-state index in [-0.39, 0.29) is 29.8 Å². The van der Waals surface area contributed by atoms with Crippen LogP contribution < -0.4 is 10.2 Å². The Morgan fingerprint density at radius 2 is 2.04 bits per heavy atom. The number of nitrogens with zero attached hydrogens (tertiary/aromatic N) is 1. The van der Waals surface area contributed by atoms with E-state index >= 15 is 0 Å². The Labute approximate surface area is 149 Å². The fourth-order valence-electron chi connectivity index (χ4n) is 3.97. The third-order valence-corrected chi connectivity index (χ3v) is 5.04. The van der Waals surface area contributed by atoms with Crippen molar-refractivity contribution in [3.05, 3.63) is 35.5 Å². The van der Waals surface area contributed by atoms with Crippen molar-refractivity contribution in [1.82, 2.24) is 0 Å². The number of esters is 1. The molecule has 25 heavy (non-hydrogen) atoms. The van der Waals surface area contributed by atoms with Gasteiger partial charge in [-0.1, -0.05) is 32.9 Å². The maximum atomic E-state index is 13.0. The summed E-state index contributed by atoms with van der Waals surface area (Å²) < 4.78 is 4.90. The minimum atomic E-state index is -0.305. The van der Waals surface area contributed by atoms with Crippen molar-refractivity contribution in [2.24, 2.45) is 5.41 Å². The van der Waals surface area contributed by atoms with Crippen molar-refractivity contribution in [3.63, 3.8) is 0 Å². The van der Waals surface area contributed by atoms with Gasteiger partial charge >= 0.3 is 5.97 Å². The summed E-state index contributed by atoms with van der Waals surface area (Å²) >= 11 is 0. The number of hydrogen-bond acceptors (Lipinski definition) is 5. The average Bonchev–Trinajstić information content (AvgIpc) is 2.68. The zero-order chi connectivity index (χ0) is 18.2. The van der Waals surface area contributed by atoms with Crippen molar-refractivity contribution in [1.29, 1.82) is 0 Å². The van der Waals surface area contributed by atoms with Crippen molar-refractivity contribution in [3.8, 4) is 0 Å². The number of carbonyl (C=O) groups excluding carboxylic acids is 2. The Morgan fingerprint density at radius 3 is 2.72 bits per heavy atom. The molecule has 0 amide bonds. The molecule has 1 atom stereocenters. The summed E-state index contributed by atoms with van der Waals surface area (Å²) in [7, 11) is 1.39. The lowest BCUT2D eigenvalue weighted by Gasteiger charge is -2.37. The number of para-hydroxylation sites is 2. The molecule has 0 bridgehead atoms. The quantitative estimate of drug-likeness (QED) is 0.852. The van der Waals surface area contributed by atoms with E-state index in [2.05, 4.69) is 26.1 Å². The van der Waals surface area contributed by atoms with E-state index in [0.717, 1.165) is 35.5 Å². The fraction of sp³-hybridized carbons (Fsp3) is 0.500. The largest absolute Gasteiger partial charge is 0.468 e. The van der Waals surface area contributed by atoms with Crippen molar-refractivity contribution in [2.45, 2.75) is 46.1 Å². The van der Waals surface area contributed by atoms with Crippen LogP contribution in [0.4, 0.5) is 11.4 Å². The van der Waals surface area contributed by atoms with E-state index in [4.69, 9.17) is 4.74 Å². The van der Waals surface area contributed by atoms with E-state index in [0.29, 0.717) is 6.42 Å². The molecule has 5 nitrogen and oxygen atoms in total. The number of hydrogen-bond donors (Lipinski definition) is 1. The first-order chi connectivity index (χ1) is 11.9. The highest BCUT2D eigenvalue weighted by atomic mass is 16.5. The molecule has 0 fully saturated rings. The van der Waals surface area contributed by atoms with Gasteiger partial charge in [0.15, 0.2) is 5.78 Å². The number of anilines is 2. The number of methoxy groups -OCH3 is 1. The molecule has 1 aliphatic carbocycles. The Balaban J connectivity index is 2.14. The third kappa shape index (κ3) is 3.28. The van der Waals surface area contributed by atoms with Gasteiger partial charge in [0.25, 0.3) is 0 Å². The highest BCUT2D eigenvalue weighted by Crippen LogP contribution is 2.44. The van der Waals surface area contributed by atoms with Gasteiger partial charge in [0.05, 0.1) is 24.5 Å². The summed E-state index contributed by atoms with van der Waals surface area (Å²) in [6.07, 6.45) is 2.11. The van der Waals surface area contributed by atoms with Crippen LogP contribution in [0.3, 0.4) is 0 Å². The molecule has 1 N–H and O–H groups in total. The highest BCUT2D eigenvalue weighted by Gasteiger charge is 2.40. The maximum Gasteiger partial charge on any atom is 0.325 e. The lowest BCUT2D eigenvalue weighted by atomic mass is 9.74. The topological polar surface area (TPSA) is 58.6 Å². The number of carbonyl (C=O) groups is 2. The minimum Gasteiger partial charge on any atom is -0.468 e. The minimum absolute atomic E-state index is 0.0618. The zero-order valence-electron chi connectivity index (χ0n) is 15.4. The summed E-state index contributed by atoms with van der Waals surface area (Å²) in [4.78, 5) is 27.0. The second-order valence-corrected chi connectivity index (χ2v) is 7.60. The van der Waals surface area contributed by atoms with Crippen LogP contribution in [-0.2, 0) is 14.3 Å². The number of rotatable bonds is 3. The van der Waals surface area contributed by atoms with Crippen molar-refractivity contribution < 1.29 is 14.3 Å². The summed E-state index contributed by atoms with van der Waals surface area (Å²) in [5.41, 5.74) is 3.61. The van der Waals surface area contributed by atoms with Crippen LogP contribution in [0.15, 0.2) is 35.5 Å². The van der Waals surface area contributed by atoms with Crippen LogP contribution in [0, 0.1) is 5.41 Å². The van der Waals surface area contributed by atoms with Crippen LogP contribution in [0.2, 0.25) is 0 Å². The molecule has 2 aliphatic rings. The van der Waals surface area contributed by atoms with Crippen LogP contribution >= 0.6 is 0 Å². The number of allylic oxidation sites excluding steroid dienone is 1. The monoisotopic (exact) mass is 342 g/mol. The molecule has 1 aromatic rings. The molecule has 0 saturated carbocycles. The van der Waals surface area contributed by atoms with Crippen LogP contribution in [0.25, 0.3) is 0 Å². The molecular formula is C20H26N2O3. The predicted molar refractivity (Wildman–Crippen MR) is 98.6 cm³/mol. The summed E-state index contributed by atoms with van der Waals surface area (Å²) in [6, 6.07) is 7.77. The molecule has 5 heteroatoms. The van der Waals surface area contributed by atoms with Gasteiger partial charge in [-0.3, -0.25) is 9.59 Å². The molecule has 1 aliphatic heterocycles. The van der Waals surface area contributed by atoms with Gasteiger partial charge in [-0.25, -0.2) is 0 Å². The Bertz CT molecular complexity index is 736. The number of ketones is 1. The first-order valence-corrected chi connectivity index (χ1v) is 8.82. The molecule has 134 valence electrons. The van der Waals surface area contributed by atoms with E-state index in [1.807, 2.05) is 29.2 Å². The summed E-state index contributed by atoms with van der Waals surface area (Å²) in [6.45, 7) is 6.43. The molecule has 0 saturated heterocycles. The molecule has 0 radical (unpaired) electrons. The zero-order valence-corrected chi connectivity index (χ0v) is 15.4. The second kappa shape index (κ2) is 6.54. The molecule has 1 heterocycles. The Hall–Kier alpha value is -2.30. The van der Waals surface area contributed by atoms with E-state index < -0.39 is 0 Å². The Morgan fingerprint density at radius 1 is 1.32 bits per heavy atom. The standard InChI is InChI=1S/C20H26N2O3/c1-5-15-19-14(10-20(2,3)11-17(19)23)21-13-8-6-7-9-16(13)22(15)12-18(24)25-4/h6-9,15,21H,5,10-12H2,1-4H3/t15-/m1/s1. The van der Waals surface area contributed by atoms with E-state index in [9.17, 15) is 9.59 Å². The maximum absolute atomic E-state index is 13.0. The molecule has 3 rings (SSSR count). The predicted octanol–water partition coefficient (Wildman–Crippen LogP) is 3.51. The first kappa shape index (κ1) is 17.5. The molecule has 0 unspecified atom stereocenters. The van der Waals surface area contributed by atoms with E-state index in [1.165, 1.54) is 7.11 Å². The van der Waals surface area contributed by atoms with Crippen LogP contribution in [0.5, 0.6) is 0 Å². The van der Waals surface area contributed by atoms with E-state index in [1.54, 1.807) is 0 Å². The van der Waals surface area contributed by atoms with Crippen molar-refractivity contribution >= 4 is 23.1 Å². The first-order valence-electron chi connectivity index (χ1n) is 8.82. The lowest BCUT2D eigenvalue weighted by Crippen LogP contribution is -2.43. The average molecular weight is 342 g/mol. The Kier molecular flexibility index (Phi) is 4.58. The summed E-state index contributed by atoms with van der Waals surface area (Å²) in [5.74, 6) is -0.130. The van der Waals surface area contributed by atoms with Crippen molar-refractivity contribution in [2.75, 3.05) is 23.9 Å². The van der Waals surface area contributed by atoms with Gasteiger partial charge in [0.1, 0.15) is 6.54 Å². The van der Waals surface area contributed by atoms with Gasteiger partial charge in [-0.15, -0.1) is 0 Å². The highest BCUT2D eigenvalue weighted by molar-refractivity contribution is 6.01. The smallest absolute Gasteiger partial charge is 0.325 e. The lowest BCUT2D eigenvalue weighted by molar-refractivity contribution is -0.139. The van der Waals surface area contributed by atoms with Crippen LogP contribution in [0.1, 0.15) is 40.0 Å². The molecule has 0 spiro atoms. The third-order valence-electron chi connectivity index (χ3n) is 5.04. The van der Waals surface area contributed by atoms with Gasteiger partial charge in [0.2, 0.25) is 0 Å². The van der Waals surface area contributed by atoms with Gasteiger partial charge < -0.3 is 15.0 Å². The SMILES string of the molecule is CC[C@@H]1C2=C(CC(C)(C)CC2=O)Nc2ccccc2N1CC(=O)OC. The van der Waals surface area contributed by atoms with Gasteiger partial charge in [-0.2, -0.15) is 0 Å². The fourth-order valence-corrected chi connectivity index (χ4v) is 3.97.